The van der Waals surface area contributed by atoms with Crippen LogP contribution in [0.15, 0.2) is 24.3 Å². The minimum atomic E-state index is -0.214. The molecule has 0 radical (unpaired) electrons. The molecule has 0 aliphatic heterocycles. The maximum absolute atomic E-state index is 12.5. The van der Waals surface area contributed by atoms with Crippen LogP contribution in [0, 0.1) is 18.2 Å². The largest absolute Gasteiger partial charge is 0.300 e. The highest BCUT2D eigenvalue weighted by atomic mass is 19.1. The summed E-state index contributed by atoms with van der Waals surface area (Å²) in [5.74, 6) is 2.35. The molecule has 1 nitrogen and oxygen atoms in total. The van der Waals surface area contributed by atoms with Gasteiger partial charge in [0, 0.05) is 6.54 Å². The summed E-state index contributed by atoms with van der Waals surface area (Å²) in [4.78, 5) is 0. The van der Waals surface area contributed by atoms with Crippen LogP contribution < -0.4 is 5.32 Å². The van der Waals surface area contributed by atoms with Gasteiger partial charge in [0.1, 0.15) is 5.82 Å². The molecule has 0 amide bonds. The zero-order chi connectivity index (χ0) is 9.68. The summed E-state index contributed by atoms with van der Waals surface area (Å²) in [6, 6.07) is 6.41. The van der Waals surface area contributed by atoms with Crippen LogP contribution in [0.1, 0.15) is 12.5 Å². The van der Waals surface area contributed by atoms with Gasteiger partial charge in [-0.05, 0) is 24.6 Å². The summed E-state index contributed by atoms with van der Waals surface area (Å²) in [6.07, 6.45) is 5.19. The first-order valence-electron chi connectivity index (χ1n) is 4.16. The number of hydrogen-bond acceptors (Lipinski definition) is 1. The zero-order valence-electron chi connectivity index (χ0n) is 7.55. The highest BCUT2D eigenvalue weighted by molar-refractivity contribution is 5.16. The van der Waals surface area contributed by atoms with Crippen molar-refractivity contribution in [2.45, 2.75) is 19.5 Å². The van der Waals surface area contributed by atoms with Gasteiger partial charge in [-0.25, -0.2) is 4.39 Å². The molecule has 0 saturated heterocycles. The highest BCUT2D eigenvalue weighted by Crippen LogP contribution is 2.02. The topological polar surface area (TPSA) is 12.0 Å². The third-order valence-corrected chi connectivity index (χ3v) is 1.78. The third kappa shape index (κ3) is 3.27. The molecular formula is C11H12FN. The standard InChI is InChI=1S/C11H12FN/c1-3-9(2)13-8-10-4-6-11(12)7-5-10/h1,4-7,9,13H,8H2,2H3. The molecule has 0 fully saturated rings. The normalized spacial score (nSPS) is 12.1. The fraction of sp³-hybridized carbons (Fsp3) is 0.273. The summed E-state index contributed by atoms with van der Waals surface area (Å²) < 4.78 is 12.5. The van der Waals surface area contributed by atoms with E-state index in [9.17, 15) is 4.39 Å². The lowest BCUT2D eigenvalue weighted by Gasteiger charge is -2.06. The second kappa shape index (κ2) is 4.64. The Morgan fingerprint density at radius 1 is 1.46 bits per heavy atom. The van der Waals surface area contributed by atoms with Crippen molar-refractivity contribution < 1.29 is 4.39 Å². The van der Waals surface area contributed by atoms with Gasteiger partial charge in [-0.3, -0.25) is 5.32 Å². The van der Waals surface area contributed by atoms with Crippen molar-refractivity contribution in [3.63, 3.8) is 0 Å². The van der Waals surface area contributed by atoms with E-state index >= 15 is 0 Å². The third-order valence-electron chi connectivity index (χ3n) is 1.78. The van der Waals surface area contributed by atoms with E-state index in [1.165, 1.54) is 12.1 Å². The molecule has 0 heterocycles. The number of rotatable bonds is 3. The Kier molecular flexibility index (Phi) is 3.48. The molecule has 0 aliphatic carbocycles. The number of benzene rings is 1. The van der Waals surface area contributed by atoms with Gasteiger partial charge in [0.15, 0.2) is 0 Å². The van der Waals surface area contributed by atoms with Crippen molar-refractivity contribution in [1.29, 1.82) is 0 Å². The van der Waals surface area contributed by atoms with Crippen LogP contribution in [0.5, 0.6) is 0 Å². The average Bonchev–Trinajstić information content (AvgIpc) is 2.16. The van der Waals surface area contributed by atoms with Gasteiger partial charge in [-0.15, -0.1) is 6.42 Å². The SMILES string of the molecule is C#CC(C)NCc1ccc(F)cc1. The minimum Gasteiger partial charge on any atom is -0.300 e. The number of hydrogen-bond donors (Lipinski definition) is 1. The van der Waals surface area contributed by atoms with Crippen molar-refractivity contribution >= 4 is 0 Å². The summed E-state index contributed by atoms with van der Waals surface area (Å²) in [6.45, 7) is 2.58. The van der Waals surface area contributed by atoms with Crippen molar-refractivity contribution in [2.75, 3.05) is 0 Å². The first kappa shape index (κ1) is 9.76. The molecular weight excluding hydrogens is 165 g/mol. The molecule has 1 atom stereocenters. The summed E-state index contributed by atoms with van der Waals surface area (Å²) >= 11 is 0. The van der Waals surface area contributed by atoms with E-state index in [1.807, 2.05) is 6.92 Å². The maximum atomic E-state index is 12.5. The second-order valence-electron chi connectivity index (χ2n) is 2.90. The molecule has 0 spiro atoms. The Morgan fingerprint density at radius 3 is 2.62 bits per heavy atom. The fourth-order valence-corrected chi connectivity index (χ4v) is 0.932. The van der Waals surface area contributed by atoms with Gasteiger partial charge in [0.05, 0.1) is 6.04 Å². The van der Waals surface area contributed by atoms with Gasteiger partial charge < -0.3 is 0 Å². The zero-order valence-corrected chi connectivity index (χ0v) is 7.55. The van der Waals surface area contributed by atoms with Gasteiger partial charge in [0.25, 0.3) is 0 Å². The van der Waals surface area contributed by atoms with Gasteiger partial charge in [-0.1, -0.05) is 18.1 Å². The van der Waals surface area contributed by atoms with E-state index in [4.69, 9.17) is 6.42 Å². The molecule has 13 heavy (non-hydrogen) atoms. The van der Waals surface area contributed by atoms with Crippen molar-refractivity contribution in [2.24, 2.45) is 0 Å². The average molecular weight is 177 g/mol. The van der Waals surface area contributed by atoms with Crippen molar-refractivity contribution in [3.05, 3.63) is 35.6 Å². The maximum Gasteiger partial charge on any atom is 0.123 e. The Balaban J connectivity index is 2.47. The molecule has 1 unspecified atom stereocenters. The van der Waals surface area contributed by atoms with Crippen LogP contribution in [-0.2, 0) is 6.54 Å². The van der Waals surface area contributed by atoms with E-state index in [0.29, 0.717) is 6.54 Å². The molecule has 1 aromatic rings. The smallest absolute Gasteiger partial charge is 0.123 e. The molecule has 0 bridgehead atoms. The van der Waals surface area contributed by atoms with E-state index in [2.05, 4.69) is 11.2 Å². The summed E-state index contributed by atoms with van der Waals surface area (Å²) in [7, 11) is 0. The second-order valence-corrected chi connectivity index (χ2v) is 2.90. The lowest BCUT2D eigenvalue weighted by atomic mass is 10.2. The van der Waals surface area contributed by atoms with Gasteiger partial charge >= 0.3 is 0 Å². The molecule has 2 heteroatoms. The van der Waals surface area contributed by atoms with Crippen LogP contribution in [0.2, 0.25) is 0 Å². The van der Waals surface area contributed by atoms with Crippen LogP contribution in [0.3, 0.4) is 0 Å². The molecule has 0 aromatic heterocycles. The highest BCUT2D eigenvalue weighted by Gasteiger charge is 1.96. The predicted molar refractivity (Wildman–Crippen MR) is 51.5 cm³/mol. The lowest BCUT2D eigenvalue weighted by molar-refractivity contribution is 0.621. The summed E-state index contributed by atoms with van der Waals surface area (Å²) in [5, 5.41) is 3.11. The first-order chi connectivity index (χ1) is 6.22. The molecule has 68 valence electrons. The van der Waals surface area contributed by atoms with E-state index in [0.717, 1.165) is 5.56 Å². The Morgan fingerprint density at radius 2 is 2.08 bits per heavy atom. The fourth-order valence-electron chi connectivity index (χ4n) is 0.932. The quantitative estimate of drug-likeness (QED) is 0.696. The molecule has 1 N–H and O–H groups in total. The lowest BCUT2D eigenvalue weighted by Crippen LogP contribution is -2.23. The summed E-state index contributed by atoms with van der Waals surface area (Å²) in [5.41, 5.74) is 1.03. The van der Waals surface area contributed by atoms with Crippen LogP contribution in [0.4, 0.5) is 4.39 Å². The van der Waals surface area contributed by atoms with Crippen LogP contribution >= 0.6 is 0 Å². The van der Waals surface area contributed by atoms with E-state index in [1.54, 1.807) is 12.1 Å². The number of nitrogens with one attached hydrogen (secondary N) is 1. The van der Waals surface area contributed by atoms with Crippen LogP contribution in [-0.4, -0.2) is 6.04 Å². The molecule has 1 rings (SSSR count). The minimum absolute atomic E-state index is 0.0463. The Labute approximate surface area is 78.0 Å². The van der Waals surface area contributed by atoms with Crippen molar-refractivity contribution in [3.8, 4) is 12.3 Å². The number of terminal acetylenes is 1. The van der Waals surface area contributed by atoms with E-state index < -0.39 is 0 Å². The molecule has 0 saturated carbocycles. The van der Waals surface area contributed by atoms with Gasteiger partial charge in [-0.2, -0.15) is 0 Å². The van der Waals surface area contributed by atoms with Gasteiger partial charge in [0.2, 0.25) is 0 Å². The Hall–Kier alpha value is -1.33. The number of halogens is 1. The van der Waals surface area contributed by atoms with E-state index in [-0.39, 0.29) is 11.9 Å². The van der Waals surface area contributed by atoms with Crippen molar-refractivity contribution in [1.82, 2.24) is 5.32 Å². The Bertz CT molecular complexity index is 297. The first-order valence-corrected chi connectivity index (χ1v) is 4.16. The monoisotopic (exact) mass is 177 g/mol. The molecule has 1 aromatic carbocycles. The predicted octanol–water partition coefficient (Wildman–Crippen LogP) is 1.94. The molecule has 0 aliphatic rings. The van der Waals surface area contributed by atoms with Crippen LogP contribution in [0.25, 0.3) is 0 Å².